The van der Waals surface area contributed by atoms with E-state index in [1.165, 1.54) is 0 Å². The molecule has 0 saturated heterocycles. The normalized spacial score (nSPS) is 18.8. The summed E-state index contributed by atoms with van der Waals surface area (Å²) in [6.45, 7) is 4.15. The second-order valence-electron chi connectivity index (χ2n) is 2.92. The number of aliphatic hydroxyl groups excluding tert-OH is 2. The lowest BCUT2D eigenvalue weighted by molar-refractivity contribution is 0.277. The Kier molecular flexibility index (Phi) is 6.84. The fraction of sp³-hybridized carbons (Fsp3) is 1.00. The van der Waals surface area contributed by atoms with Gasteiger partial charge >= 0.3 is 0 Å². The van der Waals surface area contributed by atoms with E-state index in [0.717, 1.165) is 6.42 Å². The quantitative estimate of drug-likeness (QED) is 0.564. The minimum absolute atomic E-state index is 0.0222. The standard InChI is InChI=1S/C8H19NO2S/c1-3-7(9)8(5-11)12-6(2)4-10/h6-8,10-11H,3-5,9H2,1-2H3. The van der Waals surface area contributed by atoms with Crippen LogP contribution in [0.2, 0.25) is 0 Å². The smallest absolute Gasteiger partial charge is 0.0565 e. The first-order valence-corrected chi connectivity index (χ1v) is 5.22. The zero-order chi connectivity index (χ0) is 9.56. The molecule has 12 heavy (non-hydrogen) atoms. The molecule has 0 radical (unpaired) electrons. The van der Waals surface area contributed by atoms with Gasteiger partial charge < -0.3 is 15.9 Å². The lowest BCUT2D eigenvalue weighted by Gasteiger charge is -2.22. The SMILES string of the molecule is CCC(N)C(CO)SC(C)CO. The van der Waals surface area contributed by atoms with E-state index in [1.807, 2.05) is 13.8 Å². The van der Waals surface area contributed by atoms with Crippen molar-refractivity contribution in [3.63, 3.8) is 0 Å². The van der Waals surface area contributed by atoms with E-state index in [0.29, 0.717) is 0 Å². The van der Waals surface area contributed by atoms with Crippen LogP contribution in [0.1, 0.15) is 20.3 Å². The van der Waals surface area contributed by atoms with Crippen LogP contribution in [0.25, 0.3) is 0 Å². The molecule has 3 nitrogen and oxygen atoms in total. The molecule has 0 amide bonds. The van der Waals surface area contributed by atoms with Gasteiger partial charge in [0.2, 0.25) is 0 Å². The zero-order valence-corrected chi connectivity index (χ0v) is 8.55. The molecule has 0 saturated carbocycles. The first kappa shape index (κ1) is 12.2. The van der Waals surface area contributed by atoms with Crippen LogP contribution in [0.4, 0.5) is 0 Å². The van der Waals surface area contributed by atoms with E-state index in [4.69, 9.17) is 15.9 Å². The molecule has 0 rings (SSSR count). The molecule has 4 heteroatoms. The molecule has 0 heterocycles. The maximum Gasteiger partial charge on any atom is 0.0565 e. The van der Waals surface area contributed by atoms with Crippen molar-refractivity contribution in [2.75, 3.05) is 13.2 Å². The summed E-state index contributed by atoms with van der Waals surface area (Å²) in [5.74, 6) is 0. The van der Waals surface area contributed by atoms with Crippen LogP contribution in [0.5, 0.6) is 0 Å². The summed E-state index contributed by atoms with van der Waals surface area (Å²) in [4.78, 5) is 0. The minimum atomic E-state index is 0.0222. The van der Waals surface area contributed by atoms with Crippen molar-refractivity contribution in [2.45, 2.75) is 36.8 Å². The summed E-state index contributed by atoms with van der Waals surface area (Å²) in [6.07, 6.45) is 0.858. The average molecular weight is 193 g/mol. The average Bonchev–Trinajstić information content (AvgIpc) is 2.12. The number of hydrogen-bond acceptors (Lipinski definition) is 4. The Labute approximate surface area is 78.3 Å². The third-order valence-electron chi connectivity index (χ3n) is 1.79. The highest BCUT2D eigenvalue weighted by molar-refractivity contribution is 8.00. The van der Waals surface area contributed by atoms with Gasteiger partial charge in [-0.15, -0.1) is 11.8 Å². The highest BCUT2D eigenvalue weighted by atomic mass is 32.2. The van der Waals surface area contributed by atoms with Crippen LogP contribution in [-0.2, 0) is 0 Å². The van der Waals surface area contributed by atoms with Gasteiger partial charge in [0, 0.05) is 16.5 Å². The third-order valence-corrected chi connectivity index (χ3v) is 3.26. The van der Waals surface area contributed by atoms with Gasteiger partial charge in [-0.05, 0) is 6.42 Å². The van der Waals surface area contributed by atoms with Crippen molar-refractivity contribution >= 4 is 11.8 Å². The molecule has 4 N–H and O–H groups in total. The number of aliphatic hydroxyl groups is 2. The molecular formula is C8H19NO2S. The summed E-state index contributed by atoms with van der Waals surface area (Å²) in [6, 6.07) is 0.0222. The predicted octanol–water partition coefficient (Wildman–Crippen LogP) is 0.199. The van der Waals surface area contributed by atoms with Gasteiger partial charge in [0.25, 0.3) is 0 Å². The first-order valence-electron chi connectivity index (χ1n) is 4.28. The highest BCUT2D eigenvalue weighted by Crippen LogP contribution is 2.20. The van der Waals surface area contributed by atoms with Crippen molar-refractivity contribution in [1.82, 2.24) is 0 Å². The number of thioether (sulfide) groups is 1. The second-order valence-corrected chi connectivity index (χ2v) is 4.60. The van der Waals surface area contributed by atoms with Crippen molar-refractivity contribution < 1.29 is 10.2 Å². The minimum Gasteiger partial charge on any atom is -0.395 e. The van der Waals surface area contributed by atoms with Crippen molar-refractivity contribution in [1.29, 1.82) is 0 Å². The van der Waals surface area contributed by atoms with Gasteiger partial charge in [0.05, 0.1) is 13.2 Å². The molecule has 0 aliphatic carbocycles. The molecule has 0 aromatic carbocycles. The molecule has 0 aliphatic heterocycles. The lowest BCUT2D eigenvalue weighted by atomic mass is 10.2. The molecule has 3 atom stereocenters. The summed E-state index contributed by atoms with van der Waals surface area (Å²) in [5.41, 5.74) is 5.77. The van der Waals surface area contributed by atoms with Gasteiger partial charge in [0.15, 0.2) is 0 Å². The van der Waals surface area contributed by atoms with Gasteiger partial charge in [-0.3, -0.25) is 0 Å². The molecular weight excluding hydrogens is 174 g/mol. The van der Waals surface area contributed by atoms with Gasteiger partial charge in [0.1, 0.15) is 0 Å². The van der Waals surface area contributed by atoms with E-state index in [2.05, 4.69) is 0 Å². The predicted molar refractivity (Wildman–Crippen MR) is 53.3 cm³/mol. The lowest BCUT2D eigenvalue weighted by Crippen LogP contribution is -2.35. The highest BCUT2D eigenvalue weighted by Gasteiger charge is 2.18. The van der Waals surface area contributed by atoms with Crippen molar-refractivity contribution in [2.24, 2.45) is 5.73 Å². The van der Waals surface area contributed by atoms with Crippen LogP contribution in [0.15, 0.2) is 0 Å². The molecule has 0 spiro atoms. The molecule has 0 fully saturated rings. The van der Waals surface area contributed by atoms with E-state index >= 15 is 0 Å². The fourth-order valence-electron chi connectivity index (χ4n) is 0.884. The van der Waals surface area contributed by atoms with Gasteiger partial charge in [-0.25, -0.2) is 0 Å². The number of rotatable bonds is 6. The summed E-state index contributed by atoms with van der Waals surface area (Å²) in [7, 11) is 0. The van der Waals surface area contributed by atoms with E-state index in [1.54, 1.807) is 11.8 Å². The maximum absolute atomic E-state index is 8.99. The molecule has 0 aromatic heterocycles. The summed E-state index contributed by atoms with van der Waals surface area (Å²) in [5, 5.41) is 18.0. The van der Waals surface area contributed by atoms with Crippen LogP contribution in [-0.4, -0.2) is 40.0 Å². The Morgan fingerprint density at radius 3 is 2.25 bits per heavy atom. The molecule has 0 aliphatic rings. The Bertz CT molecular complexity index is 113. The first-order chi connectivity index (χ1) is 5.65. The van der Waals surface area contributed by atoms with E-state index in [9.17, 15) is 0 Å². The summed E-state index contributed by atoms with van der Waals surface area (Å²) < 4.78 is 0. The Hall–Kier alpha value is 0.230. The van der Waals surface area contributed by atoms with Gasteiger partial charge in [-0.2, -0.15) is 0 Å². The largest absolute Gasteiger partial charge is 0.395 e. The topological polar surface area (TPSA) is 66.5 Å². The Balaban J connectivity index is 3.81. The molecule has 3 unspecified atom stereocenters. The van der Waals surface area contributed by atoms with E-state index < -0.39 is 0 Å². The maximum atomic E-state index is 8.99. The van der Waals surface area contributed by atoms with Crippen LogP contribution in [0, 0.1) is 0 Å². The zero-order valence-electron chi connectivity index (χ0n) is 7.73. The van der Waals surface area contributed by atoms with Crippen LogP contribution in [0.3, 0.4) is 0 Å². The summed E-state index contributed by atoms with van der Waals surface area (Å²) >= 11 is 1.55. The van der Waals surface area contributed by atoms with Gasteiger partial charge in [-0.1, -0.05) is 13.8 Å². The number of hydrogen-bond donors (Lipinski definition) is 3. The monoisotopic (exact) mass is 193 g/mol. The Morgan fingerprint density at radius 1 is 1.33 bits per heavy atom. The Morgan fingerprint density at radius 2 is 1.92 bits per heavy atom. The number of nitrogens with two attached hydrogens (primary N) is 1. The third kappa shape index (κ3) is 4.30. The van der Waals surface area contributed by atoms with E-state index in [-0.39, 0.29) is 29.8 Å². The fourth-order valence-corrected chi connectivity index (χ4v) is 2.05. The molecule has 0 aromatic rings. The molecule has 0 bridgehead atoms. The van der Waals surface area contributed by atoms with Crippen LogP contribution < -0.4 is 5.73 Å². The van der Waals surface area contributed by atoms with Crippen molar-refractivity contribution in [3.05, 3.63) is 0 Å². The molecule has 74 valence electrons. The second kappa shape index (κ2) is 6.71. The van der Waals surface area contributed by atoms with Crippen LogP contribution >= 0.6 is 11.8 Å². The van der Waals surface area contributed by atoms with Crippen molar-refractivity contribution in [3.8, 4) is 0 Å².